The summed E-state index contributed by atoms with van der Waals surface area (Å²) in [7, 11) is 0. The van der Waals surface area contributed by atoms with Crippen LogP contribution in [0.25, 0.3) is 0 Å². The molecule has 0 aliphatic rings. The Kier molecular flexibility index (Phi) is 15.3. The first kappa shape index (κ1) is 29.7. The summed E-state index contributed by atoms with van der Waals surface area (Å²) in [6.07, 6.45) is 0. The van der Waals surface area contributed by atoms with Gasteiger partial charge in [-0.15, -0.1) is 0 Å². The maximum Gasteiger partial charge on any atom is 0.308 e. The second kappa shape index (κ2) is 11.3. The third kappa shape index (κ3) is 210. The molecule has 4 nitrogen and oxygen atoms in total. The minimum absolute atomic E-state index is 0. The molecule has 0 amide bonds. The van der Waals surface area contributed by atoms with Crippen molar-refractivity contribution in [2.75, 3.05) is 0 Å². The van der Waals surface area contributed by atoms with Gasteiger partial charge in [-0.2, -0.15) is 12.6 Å². The van der Waals surface area contributed by atoms with E-state index in [4.69, 9.17) is 15.9 Å². The Morgan fingerprint density at radius 3 is 0.864 bits per heavy atom. The lowest BCUT2D eigenvalue weighted by molar-refractivity contribution is -0.145. The number of hydrogen-bond donors (Lipinski definition) is 4. The zero-order valence-electron chi connectivity index (χ0n) is 16.8. The van der Waals surface area contributed by atoms with Gasteiger partial charge in [0.2, 0.25) is 0 Å². The molecule has 0 aromatic carbocycles. The highest BCUT2D eigenvalue weighted by Gasteiger charge is 2.18. The predicted octanol–water partition coefficient (Wildman–Crippen LogP) is 4.35. The summed E-state index contributed by atoms with van der Waals surface area (Å²) < 4.78 is 0.194. The number of aliphatic carboxylic acids is 1. The average molecular weight is 340 g/mol. The molecule has 0 rings (SSSR count). The van der Waals surface area contributed by atoms with Crippen molar-refractivity contribution in [1.29, 1.82) is 0 Å². The van der Waals surface area contributed by atoms with Crippen molar-refractivity contribution in [3.05, 3.63) is 0 Å². The molecule has 0 saturated carbocycles. The molecule has 0 heterocycles. The van der Waals surface area contributed by atoms with Crippen LogP contribution in [0.3, 0.4) is 0 Å². The molecule has 0 atom stereocenters. The van der Waals surface area contributed by atoms with Crippen LogP contribution in [-0.4, -0.2) is 32.1 Å². The van der Waals surface area contributed by atoms with E-state index in [1.807, 2.05) is 20.8 Å². The summed E-state index contributed by atoms with van der Waals surface area (Å²) >= 11 is 4.12. The molecular formula is C17H41NO3S. The quantitative estimate of drug-likeness (QED) is 0.494. The number of aliphatic hydroxyl groups is 1. The monoisotopic (exact) mass is 339 g/mol. The highest BCUT2D eigenvalue weighted by atomic mass is 32.1. The zero-order valence-corrected chi connectivity index (χ0v) is 17.7. The van der Waals surface area contributed by atoms with E-state index >= 15 is 0 Å². The van der Waals surface area contributed by atoms with Crippen molar-refractivity contribution in [2.24, 2.45) is 11.1 Å². The largest absolute Gasteiger partial charge is 0.481 e. The Bertz CT molecular complexity index is 230. The third-order valence-electron chi connectivity index (χ3n) is 0.642. The lowest BCUT2D eigenvalue weighted by Crippen LogP contribution is -2.26. The Labute approximate surface area is 144 Å². The summed E-state index contributed by atoms with van der Waals surface area (Å²) in [6.45, 7) is 22.3. The van der Waals surface area contributed by atoms with Crippen molar-refractivity contribution in [3.8, 4) is 0 Å². The summed E-state index contributed by atoms with van der Waals surface area (Å²) in [4.78, 5) is 10.0. The maximum absolute atomic E-state index is 10.0. The van der Waals surface area contributed by atoms with Gasteiger partial charge in [-0.3, -0.25) is 4.79 Å². The van der Waals surface area contributed by atoms with Crippen LogP contribution in [0.4, 0.5) is 0 Å². The molecule has 0 aliphatic carbocycles. The van der Waals surface area contributed by atoms with Crippen molar-refractivity contribution in [3.63, 3.8) is 0 Å². The summed E-state index contributed by atoms with van der Waals surface area (Å²) in [5, 5.41) is 16.8. The molecule has 0 aromatic heterocycles. The number of nitrogens with two attached hydrogens (primary N) is 1. The Morgan fingerprint density at radius 1 is 0.818 bits per heavy atom. The van der Waals surface area contributed by atoms with E-state index < -0.39 is 17.0 Å². The molecule has 0 unspecified atom stereocenters. The van der Waals surface area contributed by atoms with E-state index in [-0.39, 0.29) is 10.3 Å². The van der Waals surface area contributed by atoms with E-state index in [1.165, 1.54) is 0 Å². The summed E-state index contributed by atoms with van der Waals surface area (Å²) in [6, 6.07) is 0. The molecule has 0 spiro atoms. The van der Waals surface area contributed by atoms with Gasteiger partial charge in [0.05, 0.1) is 11.0 Å². The van der Waals surface area contributed by atoms with Gasteiger partial charge in [-0.25, -0.2) is 0 Å². The maximum atomic E-state index is 10.0. The van der Waals surface area contributed by atoms with Crippen LogP contribution in [0.1, 0.15) is 83.1 Å². The highest BCUT2D eigenvalue weighted by Crippen LogP contribution is 2.11. The van der Waals surface area contributed by atoms with Gasteiger partial charge in [0.15, 0.2) is 0 Å². The minimum atomic E-state index is -0.757. The normalized spacial score (nSPS) is 11.8. The van der Waals surface area contributed by atoms with Crippen molar-refractivity contribution < 1.29 is 15.0 Å². The third-order valence-corrected chi connectivity index (χ3v) is 0.642. The SMILES string of the molecule is CC(C)(C)C(=O)O.CC(C)(C)N.CC(C)(C)O.CC(C)(C)S. The highest BCUT2D eigenvalue weighted by molar-refractivity contribution is 7.81. The number of rotatable bonds is 0. The number of thiol groups is 1. The molecule has 0 radical (unpaired) electrons. The Hall–Kier alpha value is -0.260. The molecule has 0 aromatic rings. The van der Waals surface area contributed by atoms with Crippen LogP contribution in [-0.2, 0) is 4.79 Å². The van der Waals surface area contributed by atoms with Crippen molar-refractivity contribution >= 4 is 18.6 Å². The van der Waals surface area contributed by atoms with Crippen LogP contribution in [0.15, 0.2) is 0 Å². The first-order valence-corrected chi connectivity index (χ1v) is 7.86. The summed E-state index contributed by atoms with van der Waals surface area (Å²) in [5.41, 5.74) is 4.27. The molecule has 0 aliphatic heterocycles. The zero-order chi connectivity index (χ0) is 19.6. The van der Waals surface area contributed by atoms with Crippen molar-refractivity contribution in [1.82, 2.24) is 0 Å². The van der Waals surface area contributed by atoms with E-state index in [0.717, 1.165) is 0 Å². The van der Waals surface area contributed by atoms with Gasteiger partial charge in [0.25, 0.3) is 0 Å². The van der Waals surface area contributed by atoms with Gasteiger partial charge in [0, 0.05) is 10.3 Å². The number of carboxylic acid groups (broad SMARTS) is 1. The van der Waals surface area contributed by atoms with E-state index in [1.54, 1.807) is 41.5 Å². The summed E-state index contributed by atoms with van der Waals surface area (Å²) in [5.74, 6) is -0.757. The van der Waals surface area contributed by atoms with Gasteiger partial charge in [0.1, 0.15) is 0 Å². The van der Waals surface area contributed by atoms with Gasteiger partial charge in [-0.05, 0) is 62.3 Å². The molecule has 0 saturated heterocycles. The molecule has 0 bridgehead atoms. The number of carboxylic acids is 1. The topological polar surface area (TPSA) is 83.5 Å². The fourth-order valence-corrected chi connectivity index (χ4v) is 0. The van der Waals surface area contributed by atoms with Gasteiger partial charge in [-0.1, -0.05) is 20.8 Å². The molecule has 22 heavy (non-hydrogen) atoms. The van der Waals surface area contributed by atoms with Gasteiger partial charge < -0.3 is 15.9 Å². The Morgan fingerprint density at radius 2 is 0.864 bits per heavy atom. The lowest BCUT2D eigenvalue weighted by atomic mass is 9.98. The average Bonchev–Trinajstić information content (AvgIpc) is 1.89. The van der Waals surface area contributed by atoms with Crippen LogP contribution in [0, 0.1) is 5.41 Å². The van der Waals surface area contributed by atoms with Crippen molar-refractivity contribution in [2.45, 2.75) is 99.0 Å². The molecule has 4 N–H and O–H groups in total. The lowest BCUT2D eigenvalue weighted by Gasteiger charge is -2.08. The van der Waals surface area contributed by atoms with E-state index in [0.29, 0.717) is 0 Å². The Balaban J connectivity index is -0.0000000995. The van der Waals surface area contributed by atoms with Crippen LogP contribution < -0.4 is 5.73 Å². The molecule has 5 heteroatoms. The molecule has 138 valence electrons. The fourth-order valence-electron chi connectivity index (χ4n) is 0. The predicted molar refractivity (Wildman–Crippen MR) is 102 cm³/mol. The van der Waals surface area contributed by atoms with Crippen LogP contribution in [0.2, 0.25) is 0 Å². The second-order valence-electron chi connectivity index (χ2n) is 9.26. The van der Waals surface area contributed by atoms with Crippen LogP contribution >= 0.6 is 12.6 Å². The molecular weight excluding hydrogens is 298 g/mol. The smallest absolute Gasteiger partial charge is 0.308 e. The van der Waals surface area contributed by atoms with Gasteiger partial charge >= 0.3 is 5.97 Å². The standard InChI is InChI=1S/C5H10O2.C4H11N.C4H10O.C4H10S/c1-5(2,3)4(6)7;3*1-4(2,3)5/h1-3H3,(H,6,7);5H2,1-3H3;2*5H,1-3H3. The number of hydrogen-bond acceptors (Lipinski definition) is 4. The fraction of sp³-hybridized carbons (Fsp3) is 0.941. The van der Waals surface area contributed by atoms with E-state index in [9.17, 15) is 4.79 Å². The second-order valence-corrected chi connectivity index (χ2v) is 10.6. The number of carbonyl (C=O) groups is 1. The molecule has 0 fully saturated rings. The first-order chi connectivity index (χ1) is 8.94. The first-order valence-electron chi connectivity index (χ1n) is 7.41. The minimum Gasteiger partial charge on any atom is -0.481 e. The van der Waals surface area contributed by atoms with E-state index in [2.05, 4.69) is 33.4 Å². The van der Waals surface area contributed by atoms with Crippen LogP contribution in [0.5, 0.6) is 0 Å².